The fourth-order valence-corrected chi connectivity index (χ4v) is 3.94. The summed E-state index contributed by atoms with van der Waals surface area (Å²) in [5.74, 6) is -0.850. The van der Waals surface area contributed by atoms with Crippen LogP contribution in [0.3, 0.4) is 0 Å². The molecular weight excluding hydrogens is 425 g/mol. The summed E-state index contributed by atoms with van der Waals surface area (Å²) < 4.78 is 14.6. The highest BCUT2D eigenvalue weighted by molar-refractivity contribution is 5.93. The van der Waals surface area contributed by atoms with Crippen molar-refractivity contribution in [3.63, 3.8) is 0 Å². The van der Waals surface area contributed by atoms with Gasteiger partial charge in [0.1, 0.15) is 11.3 Å². The number of unbranched alkanes of at least 4 members (excludes halogenated alkanes) is 1. The van der Waals surface area contributed by atoms with Gasteiger partial charge in [0.2, 0.25) is 5.91 Å². The Morgan fingerprint density at radius 1 is 1.03 bits per heavy atom. The molecule has 0 N–H and O–H groups in total. The average molecular weight is 452 g/mol. The number of aromatic nitrogens is 3. The molecule has 172 valence electrons. The van der Waals surface area contributed by atoms with Crippen LogP contribution < -0.4 is 5.56 Å². The van der Waals surface area contributed by atoms with E-state index in [4.69, 9.17) is 0 Å². The summed E-state index contributed by atoms with van der Waals surface area (Å²) >= 11 is 0. The van der Waals surface area contributed by atoms with Crippen LogP contribution in [0.25, 0.3) is 11.2 Å². The number of nitrogens with zero attached hydrogens (tertiary/aromatic N) is 5. The number of carbonyl (C=O) groups excluding carboxylic acids is 2. The van der Waals surface area contributed by atoms with Crippen molar-refractivity contribution < 1.29 is 14.0 Å². The molecule has 33 heavy (non-hydrogen) atoms. The smallest absolute Gasteiger partial charge is 0.283 e. The van der Waals surface area contributed by atoms with E-state index in [0.29, 0.717) is 43.9 Å². The Morgan fingerprint density at radius 3 is 2.42 bits per heavy atom. The van der Waals surface area contributed by atoms with E-state index in [1.807, 2.05) is 6.92 Å². The number of carbonyl (C=O) groups is 2. The van der Waals surface area contributed by atoms with Gasteiger partial charge in [-0.25, -0.2) is 14.4 Å². The minimum absolute atomic E-state index is 0.0782. The van der Waals surface area contributed by atoms with E-state index in [2.05, 4.69) is 9.97 Å². The first kappa shape index (κ1) is 22.6. The molecule has 0 spiro atoms. The fraction of sp³-hybridized carbons (Fsp3) is 0.375. The molecule has 1 fully saturated rings. The molecule has 1 saturated heterocycles. The van der Waals surface area contributed by atoms with E-state index in [-0.39, 0.29) is 23.8 Å². The maximum absolute atomic E-state index is 13.2. The minimum atomic E-state index is -0.436. The molecule has 2 aromatic heterocycles. The molecule has 0 aliphatic carbocycles. The van der Waals surface area contributed by atoms with Crippen molar-refractivity contribution in [2.75, 3.05) is 26.2 Å². The van der Waals surface area contributed by atoms with Crippen molar-refractivity contribution in [1.82, 2.24) is 24.3 Å². The number of halogens is 1. The third-order valence-corrected chi connectivity index (χ3v) is 5.83. The zero-order chi connectivity index (χ0) is 23.4. The number of fused-ring (bicyclic) bond motifs is 1. The average Bonchev–Trinajstić information content (AvgIpc) is 2.84. The van der Waals surface area contributed by atoms with Crippen LogP contribution in [-0.4, -0.2) is 62.3 Å². The number of piperazine rings is 1. The highest BCUT2D eigenvalue weighted by atomic mass is 19.1. The van der Waals surface area contributed by atoms with Gasteiger partial charge in [0.25, 0.3) is 11.5 Å². The SMILES string of the molecule is CCCCn1c(=O)c(C(=O)N2CCN(C(=O)Cc3ccc(F)cc3)CC2)nc2cccnc21. The van der Waals surface area contributed by atoms with Crippen molar-refractivity contribution in [3.05, 3.63) is 70.0 Å². The molecule has 2 amide bonds. The predicted molar refractivity (Wildman–Crippen MR) is 121 cm³/mol. The summed E-state index contributed by atoms with van der Waals surface area (Å²) in [5.41, 5.74) is 1.17. The van der Waals surface area contributed by atoms with E-state index in [0.717, 1.165) is 18.4 Å². The lowest BCUT2D eigenvalue weighted by atomic mass is 10.1. The van der Waals surface area contributed by atoms with E-state index in [9.17, 15) is 18.8 Å². The highest BCUT2D eigenvalue weighted by Crippen LogP contribution is 2.12. The molecule has 1 aliphatic heterocycles. The van der Waals surface area contributed by atoms with Crippen LogP contribution in [0.15, 0.2) is 47.4 Å². The van der Waals surface area contributed by atoms with Crippen molar-refractivity contribution in [3.8, 4) is 0 Å². The number of amides is 2. The molecule has 4 rings (SSSR count). The fourth-order valence-electron chi connectivity index (χ4n) is 3.94. The Labute approximate surface area is 190 Å². The van der Waals surface area contributed by atoms with E-state index in [1.54, 1.807) is 40.3 Å². The lowest BCUT2D eigenvalue weighted by Crippen LogP contribution is -2.52. The molecule has 0 saturated carbocycles. The lowest BCUT2D eigenvalue weighted by Gasteiger charge is -2.34. The van der Waals surface area contributed by atoms with Crippen LogP contribution in [0.4, 0.5) is 4.39 Å². The first-order chi connectivity index (χ1) is 16.0. The molecule has 0 unspecified atom stereocenters. The molecule has 8 nitrogen and oxygen atoms in total. The van der Waals surface area contributed by atoms with Gasteiger partial charge in [0.05, 0.1) is 6.42 Å². The summed E-state index contributed by atoms with van der Waals surface area (Å²) in [6, 6.07) is 9.32. The van der Waals surface area contributed by atoms with Crippen LogP contribution in [-0.2, 0) is 17.8 Å². The van der Waals surface area contributed by atoms with E-state index in [1.165, 1.54) is 16.7 Å². The van der Waals surface area contributed by atoms with Gasteiger partial charge >= 0.3 is 0 Å². The van der Waals surface area contributed by atoms with Crippen LogP contribution in [0.5, 0.6) is 0 Å². The highest BCUT2D eigenvalue weighted by Gasteiger charge is 2.28. The Hall–Kier alpha value is -3.62. The Morgan fingerprint density at radius 2 is 1.73 bits per heavy atom. The van der Waals surface area contributed by atoms with Gasteiger partial charge in [0.15, 0.2) is 11.3 Å². The minimum Gasteiger partial charge on any atom is -0.339 e. The van der Waals surface area contributed by atoms with Gasteiger partial charge in [0, 0.05) is 38.9 Å². The van der Waals surface area contributed by atoms with Crippen molar-refractivity contribution in [2.24, 2.45) is 0 Å². The number of aryl methyl sites for hydroxylation is 1. The van der Waals surface area contributed by atoms with Gasteiger partial charge in [-0.05, 0) is 36.2 Å². The van der Waals surface area contributed by atoms with Crippen LogP contribution in [0.1, 0.15) is 35.8 Å². The van der Waals surface area contributed by atoms with Gasteiger partial charge in [-0.2, -0.15) is 0 Å². The molecule has 0 atom stereocenters. The molecule has 0 bridgehead atoms. The second-order valence-electron chi connectivity index (χ2n) is 8.09. The Balaban J connectivity index is 1.47. The molecule has 0 radical (unpaired) electrons. The van der Waals surface area contributed by atoms with Crippen molar-refractivity contribution >= 4 is 23.0 Å². The topological polar surface area (TPSA) is 88.4 Å². The molecule has 3 aromatic rings. The van der Waals surface area contributed by atoms with Gasteiger partial charge < -0.3 is 9.80 Å². The van der Waals surface area contributed by atoms with Crippen LogP contribution >= 0.6 is 0 Å². The van der Waals surface area contributed by atoms with Gasteiger partial charge in [-0.15, -0.1) is 0 Å². The van der Waals surface area contributed by atoms with Crippen molar-refractivity contribution in [1.29, 1.82) is 0 Å². The monoisotopic (exact) mass is 451 g/mol. The first-order valence-electron chi connectivity index (χ1n) is 11.1. The number of pyridine rings is 1. The van der Waals surface area contributed by atoms with E-state index < -0.39 is 11.5 Å². The van der Waals surface area contributed by atoms with Crippen LogP contribution in [0, 0.1) is 5.82 Å². The zero-order valence-electron chi connectivity index (χ0n) is 18.5. The standard InChI is InChI=1S/C24H26FN5O3/c1-2-3-11-30-22-19(5-4-10-26-22)27-21(24(30)33)23(32)29-14-12-28(13-15-29)20(31)16-17-6-8-18(25)9-7-17/h4-10H,2-3,11-16H2,1H3. The molecular formula is C24H26FN5O3. The van der Waals surface area contributed by atoms with E-state index >= 15 is 0 Å². The zero-order valence-corrected chi connectivity index (χ0v) is 18.5. The van der Waals surface area contributed by atoms with Crippen LogP contribution in [0.2, 0.25) is 0 Å². The van der Waals surface area contributed by atoms with Gasteiger partial charge in [-0.3, -0.25) is 19.0 Å². The molecule has 1 aliphatic rings. The quantitative estimate of drug-likeness (QED) is 0.574. The lowest BCUT2D eigenvalue weighted by molar-refractivity contribution is -0.131. The maximum Gasteiger partial charge on any atom is 0.283 e. The molecule has 9 heteroatoms. The number of hydrogen-bond acceptors (Lipinski definition) is 5. The summed E-state index contributed by atoms with van der Waals surface area (Å²) in [7, 11) is 0. The number of benzene rings is 1. The summed E-state index contributed by atoms with van der Waals surface area (Å²) in [6.45, 7) is 3.86. The largest absolute Gasteiger partial charge is 0.339 e. The normalized spacial score (nSPS) is 14.0. The third kappa shape index (κ3) is 4.92. The number of rotatable bonds is 6. The van der Waals surface area contributed by atoms with Crippen molar-refractivity contribution in [2.45, 2.75) is 32.7 Å². The second kappa shape index (κ2) is 9.89. The summed E-state index contributed by atoms with van der Waals surface area (Å²) in [4.78, 5) is 50.8. The van der Waals surface area contributed by atoms with Gasteiger partial charge in [-0.1, -0.05) is 25.5 Å². The Bertz CT molecular complexity index is 1220. The second-order valence-corrected chi connectivity index (χ2v) is 8.09. The number of hydrogen-bond donors (Lipinski definition) is 0. The summed E-state index contributed by atoms with van der Waals surface area (Å²) in [6.07, 6.45) is 3.48. The maximum atomic E-state index is 13.2. The summed E-state index contributed by atoms with van der Waals surface area (Å²) in [5, 5.41) is 0. The first-order valence-corrected chi connectivity index (χ1v) is 11.1. The third-order valence-electron chi connectivity index (χ3n) is 5.83. The molecule has 1 aromatic carbocycles. The predicted octanol–water partition coefficient (Wildman–Crippen LogP) is 2.26. The molecule has 3 heterocycles. The Kier molecular flexibility index (Phi) is 6.76.